The SMILES string of the molecule is CC(=O)C1(N2CCC(C)(C)CC2)CC(=O)c2cc(C)ccc2O1. The van der Waals surface area contributed by atoms with Gasteiger partial charge in [0.2, 0.25) is 5.72 Å². The summed E-state index contributed by atoms with van der Waals surface area (Å²) in [5, 5.41) is 0. The van der Waals surface area contributed by atoms with Gasteiger partial charge < -0.3 is 4.74 Å². The third kappa shape index (κ3) is 2.80. The number of ether oxygens (including phenoxy) is 1. The highest BCUT2D eigenvalue weighted by atomic mass is 16.5. The summed E-state index contributed by atoms with van der Waals surface area (Å²) >= 11 is 0. The van der Waals surface area contributed by atoms with Crippen LogP contribution in [0.5, 0.6) is 5.75 Å². The van der Waals surface area contributed by atoms with E-state index in [1.54, 1.807) is 0 Å². The molecule has 2 heterocycles. The number of benzene rings is 1. The zero-order valence-electron chi connectivity index (χ0n) is 14.4. The average molecular weight is 315 g/mol. The van der Waals surface area contributed by atoms with Gasteiger partial charge in [-0.15, -0.1) is 0 Å². The lowest BCUT2D eigenvalue weighted by Crippen LogP contribution is -2.63. The van der Waals surface area contributed by atoms with Crippen molar-refractivity contribution in [2.24, 2.45) is 5.41 Å². The second-order valence-electron chi connectivity index (χ2n) is 7.69. The molecule has 0 aliphatic carbocycles. The molecule has 1 unspecified atom stereocenters. The lowest BCUT2D eigenvalue weighted by atomic mass is 9.80. The van der Waals surface area contributed by atoms with Gasteiger partial charge in [-0.05, 0) is 37.3 Å². The minimum atomic E-state index is -1.13. The van der Waals surface area contributed by atoms with Gasteiger partial charge in [-0.25, -0.2) is 0 Å². The fraction of sp³-hybridized carbons (Fsp3) is 0.579. The van der Waals surface area contributed by atoms with Crippen LogP contribution in [0.3, 0.4) is 0 Å². The van der Waals surface area contributed by atoms with Crippen LogP contribution in [0.1, 0.15) is 56.0 Å². The first-order valence-corrected chi connectivity index (χ1v) is 8.32. The summed E-state index contributed by atoms with van der Waals surface area (Å²) in [4.78, 5) is 27.2. The molecule has 0 amide bonds. The van der Waals surface area contributed by atoms with Crippen molar-refractivity contribution in [3.05, 3.63) is 29.3 Å². The molecule has 4 heteroatoms. The van der Waals surface area contributed by atoms with E-state index >= 15 is 0 Å². The Labute approximate surface area is 137 Å². The lowest BCUT2D eigenvalue weighted by molar-refractivity contribution is -0.158. The van der Waals surface area contributed by atoms with Crippen molar-refractivity contribution in [1.29, 1.82) is 0 Å². The average Bonchev–Trinajstić information content (AvgIpc) is 2.47. The molecule has 4 nitrogen and oxygen atoms in total. The van der Waals surface area contributed by atoms with Crippen LogP contribution >= 0.6 is 0 Å². The molecule has 3 rings (SSSR count). The Bertz CT molecular complexity index is 655. The number of rotatable bonds is 2. The van der Waals surface area contributed by atoms with Gasteiger partial charge in [-0.1, -0.05) is 25.5 Å². The monoisotopic (exact) mass is 315 g/mol. The third-order valence-corrected chi connectivity index (χ3v) is 5.29. The Hall–Kier alpha value is -1.68. The van der Waals surface area contributed by atoms with Gasteiger partial charge in [0, 0.05) is 20.0 Å². The smallest absolute Gasteiger partial charge is 0.229 e. The zero-order valence-corrected chi connectivity index (χ0v) is 14.4. The normalized spacial score (nSPS) is 27.2. The molecule has 0 N–H and O–H groups in total. The Balaban J connectivity index is 1.96. The fourth-order valence-electron chi connectivity index (χ4n) is 3.55. The van der Waals surface area contributed by atoms with Crippen molar-refractivity contribution in [3.8, 4) is 5.75 Å². The highest BCUT2D eigenvalue weighted by Crippen LogP contribution is 2.40. The summed E-state index contributed by atoms with van der Waals surface area (Å²) in [5.74, 6) is 0.443. The minimum Gasteiger partial charge on any atom is -0.464 e. The van der Waals surface area contributed by atoms with E-state index in [1.807, 2.05) is 25.1 Å². The van der Waals surface area contributed by atoms with Crippen molar-refractivity contribution >= 4 is 11.6 Å². The van der Waals surface area contributed by atoms with Gasteiger partial charge in [0.1, 0.15) is 5.75 Å². The van der Waals surface area contributed by atoms with Gasteiger partial charge in [0.15, 0.2) is 11.6 Å². The van der Waals surface area contributed by atoms with Crippen molar-refractivity contribution in [2.75, 3.05) is 13.1 Å². The Morgan fingerprint density at radius 1 is 1.22 bits per heavy atom. The van der Waals surface area contributed by atoms with E-state index in [0.717, 1.165) is 31.5 Å². The second kappa shape index (κ2) is 5.45. The Morgan fingerprint density at radius 3 is 2.48 bits per heavy atom. The number of fused-ring (bicyclic) bond motifs is 1. The number of hydrogen-bond donors (Lipinski definition) is 0. The van der Waals surface area contributed by atoms with Crippen LogP contribution in [0.15, 0.2) is 18.2 Å². The topological polar surface area (TPSA) is 46.6 Å². The first-order valence-electron chi connectivity index (χ1n) is 8.32. The molecule has 1 fully saturated rings. The van der Waals surface area contributed by atoms with E-state index in [9.17, 15) is 9.59 Å². The van der Waals surface area contributed by atoms with Crippen LogP contribution in [0.25, 0.3) is 0 Å². The van der Waals surface area contributed by atoms with Crippen LogP contribution < -0.4 is 4.74 Å². The van der Waals surface area contributed by atoms with Gasteiger partial charge in [0.05, 0.1) is 12.0 Å². The van der Waals surface area contributed by atoms with Gasteiger partial charge in [0.25, 0.3) is 0 Å². The summed E-state index contributed by atoms with van der Waals surface area (Å²) in [6.45, 7) is 9.53. The molecule has 0 spiro atoms. The number of aryl methyl sites for hydroxylation is 1. The summed E-state index contributed by atoms with van der Waals surface area (Å²) in [6.07, 6.45) is 2.11. The first-order chi connectivity index (χ1) is 10.7. The number of likely N-dealkylation sites (tertiary alicyclic amines) is 1. The number of nitrogens with zero attached hydrogens (tertiary/aromatic N) is 1. The molecule has 0 saturated carbocycles. The molecule has 0 aromatic heterocycles. The Morgan fingerprint density at radius 2 is 1.87 bits per heavy atom. The first kappa shape index (κ1) is 16.2. The molecule has 0 radical (unpaired) electrons. The predicted octanol–water partition coefficient (Wildman–Crippen LogP) is 3.37. The maximum atomic E-state index is 12.7. The number of piperidine rings is 1. The van der Waals surface area contributed by atoms with Crippen LogP contribution in [0.4, 0.5) is 0 Å². The minimum absolute atomic E-state index is 0.00464. The van der Waals surface area contributed by atoms with Gasteiger partial charge in [-0.3, -0.25) is 14.5 Å². The van der Waals surface area contributed by atoms with Crippen molar-refractivity contribution < 1.29 is 14.3 Å². The second-order valence-corrected chi connectivity index (χ2v) is 7.69. The van der Waals surface area contributed by atoms with E-state index in [1.165, 1.54) is 6.92 Å². The molecular weight excluding hydrogens is 290 g/mol. The summed E-state index contributed by atoms with van der Waals surface area (Å²) < 4.78 is 6.17. The summed E-state index contributed by atoms with van der Waals surface area (Å²) in [7, 11) is 0. The largest absolute Gasteiger partial charge is 0.464 e. The molecule has 124 valence electrons. The molecule has 1 aromatic carbocycles. The van der Waals surface area contributed by atoms with Crippen LogP contribution in [-0.4, -0.2) is 35.3 Å². The molecule has 1 aromatic rings. The highest BCUT2D eigenvalue weighted by Gasteiger charge is 2.50. The van der Waals surface area contributed by atoms with Gasteiger partial charge >= 0.3 is 0 Å². The number of carbonyl (C=O) groups excluding carboxylic acids is 2. The van der Waals surface area contributed by atoms with Gasteiger partial charge in [-0.2, -0.15) is 0 Å². The van der Waals surface area contributed by atoms with E-state index < -0.39 is 5.72 Å². The molecule has 1 atom stereocenters. The van der Waals surface area contributed by atoms with E-state index in [4.69, 9.17) is 4.74 Å². The van der Waals surface area contributed by atoms with Crippen LogP contribution in [0, 0.1) is 12.3 Å². The van der Waals surface area contributed by atoms with Crippen molar-refractivity contribution in [3.63, 3.8) is 0 Å². The quantitative estimate of drug-likeness (QED) is 0.839. The summed E-state index contributed by atoms with van der Waals surface area (Å²) in [5.41, 5.74) is 0.771. The van der Waals surface area contributed by atoms with E-state index in [0.29, 0.717) is 11.3 Å². The third-order valence-electron chi connectivity index (χ3n) is 5.29. The molecule has 23 heavy (non-hydrogen) atoms. The van der Waals surface area contributed by atoms with E-state index in [-0.39, 0.29) is 23.4 Å². The number of Topliss-reactive ketones (excluding diaryl/α,β-unsaturated/α-hetero) is 2. The summed E-state index contributed by atoms with van der Waals surface area (Å²) in [6, 6.07) is 5.58. The number of ketones is 2. The van der Waals surface area contributed by atoms with E-state index in [2.05, 4.69) is 18.7 Å². The maximum Gasteiger partial charge on any atom is 0.229 e. The lowest BCUT2D eigenvalue weighted by Gasteiger charge is -2.48. The highest BCUT2D eigenvalue weighted by molar-refractivity contribution is 6.04. The molecule has 1 saturated heterocycles. The maximum absolute atomic E-state index is 12.7. The fourth-order valence-corrected chi connectivity index (χ4v) is 3.55. The van der Waals surface area contributed by atoms with Crippen molar-refractivity contribution in [2.45, 2.75) is 52.7 Å². The molecule has 2 aliphatic rings. The predicted molar refractivity (Wildman–Crippen MR) is 88.8 cm³/mol. The number of hydrogen-bond acceptors (Lipinski definition) is 4. The molecule has 2 aliphatic heterocycles. The van der Waals surface area contributed by atoms with Crippen LogP contribution in [-0.2, 0) is 4.79 Å². The molecular formula is C19H25NO3. The molecule has 0 bridgehead atoms. The standard InChI is InChI=1S/C19H25NO3/c1-13-5-6-17-15(11-13)16(22)12-19(23-17,14(2)21)20-9-7-18(3,4)8-10-20/h5-6,11H,7-10,12H2,1-4H3. The van der Waals surface area contributed by atoms with Crippen LogP contribution in [0.2, 0.25) is 0 Å². The zero-order chi connectivity index (χ0) is 16.8. The Kier molecular flexibility index (Phi) is 3.83. The number of carbonyl (C=O) groups is 2. The van der Waals surface area contributed by atoms with Crippen molar-refractivity contribution in [1.82, 2.24) is 4.90 Å².